The maximum Gasteiger partial charge on any atom is 0.222 e. The Labute approximate surface area is 108 Å². The first-order chi connectivity index (χ1) is 7.63. The lowest BCUT2D eigenvalue weighted by molar-refractivity contribution is -0.130. The van der Waals surface area contributed by atoms with Crippen LogP contribution in [0.25, 0.3) is 0 Å². The molecule has 0 fully saturated rings. The van der Waals surface area contributed by atoms with Gasteiger partial charge in [0.15, 0.2) is 0 Å². The molecule has 0 aliphatic heterocycles. The second kappa shape index (κ2) is 7.04. The van der Waals surface area contributed by atoms with Crippen LogP contribution in [0.4, 0.5) is 0 Å². The molecular formula is C11H16BrNO2S. The Morgan fingerprint density at radius 1 is 1.56 bits per heavy atom. The zero-order valence-electron chi connectivity index (χ0n) is 9.28. The van der Waals surface area contributed by atoms with Gasteiger partial charge >= 0.3 is 0 Å². The van der Waals surface area contributed by atoms with Gasteiger partial charge in [0, 0.05) is 34.8 Å². The van der Waals surface area contributed by atoms with Gasteiger partial charge in [0.05, 0.1) is 6.54 Å². The molecule has 1 amide bonds. The molecule has 0 unspecified atom stereocenters. The van der Waals surface area contributed by atoms with E-state index in [2.05, 4.69) is 15.9 Å². The summed E-state index contributed by atoms with van der Waals surface area (Å²) in [4.78, 5) is 14.6. The van der Waals surface area contributed by atoms with E-state index in [9.17, 15) is 4.79 Å². The number of aliphatic hydroxyl groups excluding tert-OH is 1. The molecular weight excluding hydrogens is 290 g/mol. The van der Waals surface area contributed by atoms with E-state index in [1.165, 1.54) is 4.88 Å². The largest absolute Gasteiger partial charge is 0.396 e. The minimum absolute atomic E-state index is 0.137. The normalized spacial score (nSPS) is 10.4. The molecule has 0 saturated heterocycles. The maximum absolute atomic E-state index is 11.7. The van der Waals surface area contributed by atoms with Crippen LogP contribution in [0.2, 0.25) is 0 Å². The van der Waals surface area contributed by atoms with E-state index in [0.717, 1.165) is 10.9 Å². The third kappa shape index (κ3) is 4.63. The standard InChI is InChI=1S/C11H16BrNO2S/c1-13(11(15)4-2-3-5-14)7-10-6-9(12)8-16-10/h6,8,14H,2-5,7H2,1H3. The number of unbranched alkanes of at least 4 members (excludes halogenated alkanes) is 1. The molecule has 0 atom stereocenters. The van der Waals surface area contributed by atoms with Crippen molar-refractivity contribution >= 4 is 33.2 Å². The van der Waals surface area contributed by atoms with Crippen LogP contribution in [0, 0.1) is 0 Å². The van der Waals surface area contributed by atoms with Gasteiger partial charge in [-0.2, -0.15) is 0 Å². The molecule has 16 heavy (non-hydrogen) atoms. The summed E-state index contributed by atoms with van der Waals surface area (Å²) in [5.41, 5.74) is 0. The molecule has 0 aliphatic rings. The summed E-state index contributed by atoms with van der Waals surface area (Å²) in [6.45, 7) is 0.823. The Hall–Kier alpha value is -0.390. The highest BCUT2D eigenvalue weighted by atomic mass is 79.9. The van der Waals surface area contributed by atoms with Crippen molar-refractivity contribution in [1.29, 1.82) is 0 Å². The molecule has 0 saturated carbocycles. The molecule has 1 aromatic rings. The number of carbonyl (C=O) groups excluding carboxylic acids is 1. The fourth-order valence-corrected chi connectivity index (χ4v) is 2.84. The molecule has 0 radical (unpaired) electrons. The number of hydrogen-bond acceptors (Lipinski definition) is 3. The zero-order chi connectivity index (χ0) is 12.0. The highest BCUT2D eigenvalue weighted by molar-refractivity contribution is 9.10. The molecule has 0 aliphatic carbocycles. The quantitative estimate of drug-likeness (QED) is 0.821. The summed E-state index contributed by atoms with van der Waals surface area (Å²) >= 11 is 5.03. The average Bonchev–Trinajstić information content (AvgIpc) is 2.64. The second-order valence-corrected chi connectivity index (χ2v) is 5.57. The molecule has 0 spiro atoms. The van der Waals surface area contributed by atoms with Crippen molar-refractivity contribution in [2.75, 3.05) is 13.7 Å². The Morgan fingerprint density at radius 2 is 2.31 bits per heavy atom. The van der Waals surface area contributed by atoms with Crippen LogP contribution < -0.4 is 0 Å². The lowest BCUT2D eigenvalue weighted by atomic mass is 10.2. The average molecular weight is 306 g/mol. The van der Waals surface area contributed by atoms with Gasteiger partial charge in [-0.25, -0.2) is 0 Å². The van der Waals surface area contributed by atoms with E-state index in [-0.39, 0.29) is 12.5 Å². The number of carbonyl (C=O) groups is 1. The minimum atomic E-state index is 0.137. The van der Waals surface area contributed by atoms with Crippen molar-refractivity contribution in [3.63, 3.8) is 0 Å². The Bertz CT molecular complexity index is 340. The summed E-state index contributed by atoms with van der Waals surface area (Å²) in [6.07, 6.45) is 1.97. The van der Waals surface area contributed by atoms with E-state index >= 15 is 0 Å². The summed E-state index contributed by atoms with van der Waals surface area (Å²) < 4.78 is 1.06. The monoisotopic (exact) mass is 305 g/mol. The van der Waals surface area contributed by atoms with Crippen molar-refractivity contribution in [3.05, 3.63) is 20.8 Å². The first-order valence-corrected chi connectivity index (χ1v) is 6.88. The smallest absolute Gasteiger partial charge is 0.222 e. The molecule has 1 N–H and O–H groups in total. The van der Waals surface area contributed by atoms with Gasteiger partial charge in [0.25, 0.3) is 0 Å². The number of amides is 1. The van der Waals surface area contributed by atoms with Crippen molar-refractivity contribution in [2.45, 2.75) is 25.8 Å². The summed E-state index contributed by atoms with van der Waals surface area (Å²) in [5, 5.41) is 10.6. The Morgan fingerprint density at radius 3 is 2.88 bits per heavy atom. The van der Waals surface area contributed by atoms with Crippen LogP contribution in [0.15, 0.2) is 15.9 Å². The lowest BCUT2D eigenvalue weighted by Gasteiger charge is -2.15. The Kier molecular flexibility index (Phi) is 6.01. The minimum Gasteiger partial charge on any atom is -0.396 e. The van der Waals surface area contributed by atoms with E-state index in [1.807, 2.05) is 18.5 Å². The first kappa shape index (κ1) is 13.7. The van der Waals surface area contributed by atoms with E-state index in [0.29, 0.717) is 19.4 Å². The van der Waals surface area contributed by atoms with Gasteiger partial charge in [0.2, 0.25) is 5.91 Å². The maximum atomic E-state index is 11.7. The van der Waals surface area contributed by atoms with Gasteiger partial charge in [-0.1, -0.05) is 0 Å². The number of thiophene rings is 1. The number of hydrogen-bond donors (Lipinski definition) is 1. The van der Waals surface area contributed by atoms with Gasteiger partial charge in [-0.3, -0.25) is 4.79 Å². The SMILES string of the molecule is CN(Cc1cc(Br)cs1)C(=O)CCCCO. The summed E-state index contributed by atoms with van der Waals surface area (Å²) in [6, 6.07) is 2.03. The van der Waals surface area contributed by atoms with Gasteiger partial charge in [-0.05, 0) is 34.8 Å². The van der Waals surface area contributed by atoms with Gasteiger partial charge in [-0.15, -0.1) is 11.3 Å². The molecule has 5 heteroatoms. The lowest BCUT2D eigenvalue weighted by Crippen LogP contribution is -2.25. The molecule has 1 aromatic heterocycles. The van der Waals surface area contributed by atoms with Crippen LogP contribution in [-0.2, 0) is 11.3 Å². The third-order valence-corrected chi connectivity index (χ3v) is 3.92. The number of halogens is 1. The number of aliphatic hydroxyl groups is 1. The molecule has 1 heterocycles. The fourth-order valence-electron chi connectivity index (χ4n) is 1.34. The van der Waals surface area contributed by atoms with Crippen molar-refractivity contribution < 1.29 is 9.90 Å². The van der Waals surface area contributed by atoms with Crippen molar-refractivity contribution in [2.24, 2.45) is 0 Å². The van der Waals surface area contributed by atoms with E-state index < -0.39 is 0 Å². The topological polar surface area (TPSA) is 40.5 Å². The predicted molar refractivity (Wildman–Crippen MR) is 69.4 cm³/mol. The van der Waals surface area contributed by atoms with Crippen molar-refractivity contribution in [1.82, 2.24) is 4.90 Å². The summed E-state index contributed by atoms with van der Waals surface area (Å²) in [7, 11) is 1.81. The second-order valence-electron chi connectivity index (χ2n) is 3.66. The molecule has 90 valence electrons. The molecule has 0 aromatic carbocycles. The molecule has 3 nitrogen and oxygen atoms in total. The molecule has 0 bridgehead atoms. The van der Waals surface area contributed by atoms with E-state index in [1.54, 1.807) is 16.2 Å². The van der Waals surface area contributed by atoms with E-state index in [4.69, 9.17) is 5.11 Å². The third-order valence-electron chi connectivity index (χ3n) is 2.24. The predicted octanol–water partition coefficient (Wildman–Crippen LogP) is 2.63. The highest BCUT2D eigenvalue weighted by Gasteiger charge is 2.09. The van der Waals surface area contributed by atoms with Crippen LogP contribution in [0.1, 0.15) is 24.1 Å². The highest BCUT2D eigenvalue weighted by Crippen LogP contribution is 2.21. The van der Waals surface area contributed by atoms with Crippen LogP contribution in [0.3, 0.4) is 0 Å². The Balaban J connectivity index is 2.34. The number of rotatable bonds is 6. The van der Waals surface area contributed by atoms with Gasteiger partial charge in [0.1, 0.15) is 0 Å². The van der Waals surface area contributed by atoms with Crippen LogP contribution >= 0.6 is 27.3 Å². The zero-order valence-corrected chi connectivity index (χ0v) is 11.7. The molecule has 1 rings (SSSR count). The first-order valence-electron chi connectivity index (χ1n) is 5.21. The van der Waals surface area contributed by atoms with Crippen molar-refractivity contribution in [3.8, 4) is 0 Å². The van der Waals surface area contributed by atoms with Crippen LogP contribution in [0.5, 0.6) is 0 Å². The van der Waals surface area contributed by atoms with Crippen LogP contribution in [-0.4, -0.2) is 29.6 Å². The number of nitrogens with zero attached hydrogens (tertiary/aromatic N) is 1. The van der Waals surface area contributed by atoms with Gasteiger partial charge < -0.3 is 10.0 Å². The fraction of sp³-hybridized carbons (Fsp3) is 0.545. The summed E-state index contributed by atoms with van der Waals surface area (Å²) in [5.74, 6) is 0.137.